The minimum absolute atomic E-state index is 0.438. The second-order valence-electron chi connectivity index (χ2n) is 8.68. The van der Waals surface area contributed by atoms with Crippen LogP contribution in [0.25, 0.3) is 10.2 Å². The van der Waals surface area contributed by atoms with Gasteiger partial charge in [-0.1, -0.05) is 65.6 Å². The molecule has 0 bridgehead atoms. The fraction of sp³-hybridized carbons (Fsp3) is 0.259. The van der Waals surface area contributed by atoms with Crippen LogP contribution in [0.5, 0.6) is 5.75 Å². The van der Waals surface area contributed by atoms with E-state index in [4.69, 9.17) is 9.73 Å². The van der Waals surface area contributed by atoms with Crippen LogP contribution < -0.4 is 10.1 Å². The van der Waals surface area contributed by atoms with Gasteiger partial charge in [0.1, 0.15) is 11.3 Å². The summed E-state index contributed by atoms with van der Waals surface area (Å²) >= 11 is 3.57. The third kappa shape index (κ3) is 3.93. The molecular weight excluding hydrogens is 460 g/mol. The van der Waals surface area contributed by atoms with Gasteiger partial charge in [-0.2, -0.15) is 0 Å². The van der Waals surface area contributed by atoms with E-state index in [0.717, 1.165) is 51.3 Å². The van der Waals surface area contributed by atoms with Crippen LogP contribution in [0.4, 0.5) is 10.8 Å². The quantitative estimate of drug-likeness (QED) is 0.347. The molecule has 2 atom stereocenters. The highest BCUT2D eigenvalue weighted by molar-refractivity contribution is 8.14. The Morgan fingerprint density at radius 1 is 1.09 bits per heavy atom. The molecule has 7 heteroatoms. The number of thiazole rings is 1. The summed E-state index contributed by atoms with van der Waals surface area (Å²) in [5, 5.41) is 6.06. The van der Waals surface area contributed by atoms with Crippen molar-refractivity contribution in [2.24, 2.45) is 4.99 Å². The molecular formula is C27H26N4OS2. The smallest absolute Gasteiger partial charge is 0.183 e. The molecule has 1 aromatic heterocycles. The lowest BCUT2D eigenvalue weighted by Gasteiger charge is -2.21. The zero-order valence-corrected chi connectivity index (χ0v) is 20.8. The predicted molar refractivity (Wildman–Crippen MR) is 144 cm³/mol. The first-order chi connectivity index (χ1) is 16.7. The number of aliphatic imine (C=N–C) groups is 1. The fourth-order valence-corrected chi connectivity index (χ4v) is 7.21. The third-order valence-electron chi connectivity index (χ3n) is 6.58. The monoisotopic (exact) mass is 486 g/mol. The topological polar surface area (TPSA) is 49.8 Å². The summed E-state index contributed by atoms with van der Waals surface area (Å²) in [6.45, 7) is 0.831. The number of nitrogens with zero attached hydrogens (tertiary/aromatic N) is 3. The Morgan fingerprint density at radius 3 is 2.79 bits per heavy atom. The lowest BCUT2D eigenvalue weighted by Crippen LogP contribution is -2.23. The summed E-state index contributed by atoms with van der Waals surface area (Å²) in [6, 6.07) is 23.9. The minimum atomic E-state index is 0.438. The summed E-state index contributed by atoms with van der Waals surface area (Å²) in [5.41, 5.74) is 6.16. The van der Waals surface area contributed by atoms with Gasteiger partial charge in [-0.15, -0.1) is 0 Å². The number of fused-ring (bicyclic) bond motifs is 4. The van der Waals surface area contributed by atoms with E-state index in [2.05, 4.69) is 76.8 Å². The van der Waals surface area contributed by atoms with E-state index in [1.54, 1.807) is 18.4 Å². The number of rotatable bonds is 6. The Hall–Kier alpha value is -3.03. The van der Waals surface area contributed by atoms with Crippen LogP contribution in [-0.2, 0) is 12.8 Å². The van der Waals surface area contributed by atoms with Gasteiger partial charge in [-0.3, -0.25) is 0 Å². The number of hydrogen-bond acceptors (Lipinski definition) is 6. The van der Waals surface area contributed by atoms with E-state index in [1.807, 2.05) is 23.9 Å². The van der Waals surface area contributed by atoms with Crippen molar-refractivity contribution in [1.29, 1.82) is 0 Å². The van der Waals surface area contributed by atoms with Gasteiger partial charge in [-0.05, 0) is 53.8 Å². The highest BCUT2D eigenvalue weighted by Gasteiger charge is 2.43. The summed E-state index contributed by atoms with van der Waals surface area (Å²) in [6.07, 6.45) is 2.06. The zero-order chi connectivity index (χ0) is 23.1. The van der Waals surface area contributed by atoms with Crippen molar-refractivity contribution in [3.8, 4) is 5.75 Å². The number of ether oxygens (including phenoxy) is 1. The number of thioether (sulfide) groups is 1. The van der Waals surface area contributed by atoms with Gasteiger partial charge in [0, 0.05) is 18.8 Å². The molecule has 4 aromatic rings. The van der Waals surface area contributed by atoms with Crippen molar-refractivity contribution in [3.05, 3.63) is 83.4 Å². The molecule has 172 valence electrons. The summed E-state index contributed by atoms with van der Waals surface area (Å²) < 4.78 is 6.55. The van der Waals surface area contributed by atoms with Crippen LogP contribution in [0, 0.1) is 0 Å². The number of hydrogen-bond donors (Lipinski definition) is 1. The molecule has 1 N–H and O–H groups in total. The molecule has 1 saturated heterocycles. The Bertz CT molecular complexity index is 1360. The van der Waals surface area contributed by atoms with Crippen molar-refractivity contribution in [1.82, 2.24) is 9.88 Å². The van der Waals surface area contributed by atoms with Crippen LogP contribution in [0.2, 0.25) is 0 Å². The Balaban J connectivity index is 1.08. The first-order valence-electron chi connectivity index (χ1n) is 11.5. The first-order valence-corrected chi connectivity index (χ1v) is 13.2. The molecule has 3 aromatic carbocycles. The van der Waals surface area contributed by atoms with Gasteiger partial charge in [0.15, 0.2) is 10.3 Å². The average molecular weight is 487 g/mol. The van der Waals surface area contributed by atoms with Crippen LogP contribution in [0.1, 0.15) is 22.7 Å². The van der Waals surface area contributed by atoms with E-state index >= 15 is 0 Å². The molecule has 1 aliphatic heterocycles. The summed E-state index contributed by atoms with van der Waals surface area (Å²) in [7, 11) is 3.86. The predicted octanol–water partition coefficient (Wildman–Crippen LogP) is 6.29. The van der Waals surface area contributed by atoms with Crippen molar-refractivity contribution in [2.75, 3.05) is 26.0 Å². The molecule has 0 amide bonds. The van der Waals surface area contributed by atoms with Crippen molar-refractivity contribution < 1.29 is 4.74 Å². The largest absolute Gasteiger partial charge is 0.494 e. The number of benzene rings is 3. The summed E-state index contributed by atoms with van der Waals surface area (Å²) in [4.78, 5) is 12.0. The van der Waals surface area contributed by atoms with Gasteiger partial charge in [0.05, 0.1) is 23.5 Å². The zero-order valence-electron chi connectivity index (χ0n) is 19.2. The molecule has 6 rings (SSSR count). The van der Waals surface area contributed by atoms with E-state index in [9.17, 15) is 0 Å². The molecule has 0 saturated carbocycles. The second kappa shape index (κ2) is 8.96. The second-order valence-corrected chi connectivity index (χ2v) is 10.9. The highest BCUT2D eigenvalue weighted by Crippen LogP contribution is 2.48. The number of amidine groups is 1. The number of anilines is 1. The fourth-order valence-electron chi connectivity index (χ4n) is 4.87. The number of para-hydroxylation sites is 1. The molecule has 5 nitrogen and oxygen atoms in total. The SMILES string of the molecule is COc1cccc2sc(NCCc3ccc(N=C4SC5Cc6ccccc6[C@@H]5N4C)cc3)nc12. The van der Waals surface area contributed by atoms with Gasteiger partial charge in [0.2, 0.25) is 0 Å². The lowest BCUT2D eigenvalue weighted by molar-refractivity contribution is 0.402. The molecule has 2 heterocycles. The Morgan fingerprint density at radius 2 is 1.94 bits per heavy atom. The standard InChI is InChI=1S/C27H26N4OS2/c1-31-25-20-7-4-3-6-18(20)16-23(25)34-27(31)29-19-12-10-17(11-13-19)14-15-28-26-30-24-21(32-2)8-5-9-22(24)33-26/h3-13,23,25H,14-16H2,1-2H3,(H,28,30)/t23?,25-/m0/s1. The molecule has 2 aliphatic rings. The number of nitrogens with one attached hydrogen (secondary N) is 1. The number of aromatic nitrogens is 1. The normalized spacial score (nSPS) is 20.1. The van der Waals surface area contributed by atoms with E-state index < -0.39 is 0 Å². The molecule has 0 radical (unpaired) electrons. The van der Waals surface area contributed by atoms with Crippen LogP contribution in [-0.4, -0.2) is 41.0 Å². The van der Waals surface area contributed by atoms with Crippen molar-refractivity contribution in [3.63, 3.8) is 0 Å². The maximum atomic E-state index is 5.42. The van der Waals surface area contributed by atoms with Crippen molar-refractivity contribution >= 4 is 49.3 Å². The van der Waals surface area contributed by atoms with Crippen molar-refractivity contribution in [2.45, 2.75) is 24.1 Å². The maximum absolute atomic E-state index is 5.42. The lowest BCUT2D eigenvalue weighted by atomic mass is 10.1. The van der Waals surface area contributed by atoms with Crippen LogP contribution in [0.3, 0.4) is 0 Å². The molecule has 1 aliphatic carbocycles. The maximum Gasteiger partial charge on any atom is 0.183 e. The van der Waals surface area contributed by atoms with Gasteiger partial charge in [0.25, 0.3) is 0 Å². The van der Waals surface area contributed by atoms with E-state index in [-0.39, 0.29) is 0 Å². The van der Waals surface area contributed by atoms with Gasteiger partial charge in [-0.25, -0.2) is 9.98 Å². The van der Waals surface area contributed by atoms with Crippen LogP contribution >= 0.6 is 23.1 Å². The van der Waals surface area contributed by atoms with Gasteiger partial charge >= 0.3 is 0 Å². The third-order valence-corrected chi connectivity index (χ3v) is 8.87. The average Bonchev–Trinajstić information content (AvgIpc) is 3.52. The highest BCUT2D eigenvalue weighted by atomic mass is 32.2. The Kier molecular flexibility index (Phi) is 5.67. The summed E-state index contributed by atoms with van der Waals surface area (Å²) in [5.74, 6) is 0.818. The first kappa shape index (κ1) is 21.5. The number of methoxy groups -OCH3 is 1. The van der Waals surface area contributed by atoms with E-state index in [1.165, 1.54) is 16.7 Å². The molecule has 1 unspecified atom stereocenters. The molecule has 0 spiro atoms. The molecule has 1 fully saturated rings. The molecule has 34 heavy (non-hydrogen) atoms. The minimum Gasteiger partial charge on any atom is -0.494 e. The Labute approximate surface area is 207 Å². The van der Waals surface area contributed by atoms with E-state index in [0.29, 0.717) is 11.3 Å². The van der Waals surface area contributed by atoms with Gasteiger partial charge < -0.3 is 15.0 Å². The van der Waals surface area contributed by atoms with Crippen LogP contribution in [0.15, 0.2) is 71.7 Å².